The van der Waals surface area contributed by atoms with Crippen LogP contribution in [0, 0.1) is 6.92 Å². The van der Waals surface area contributed by atoms with Crippen molar-refractivity contribution < 1.29 is 0 Å². The fourth-order valence-electron chi connectivity index (χ4n) is 2.42. The molecule has 1 aliphatic rings. The lowest BCUT2D eigenvalue weighted by Gasteiger charge is -2.27. The summed E-state index contributed by atoms with van der Waals surface area (Å²) in [5.74, 6) is 1.04. The second kappa shape index (κ2) is 5.36. The van der Waals surface area contributed by atoms with E-state index in [2.05, 4.69) is 57.8 Å². The number of hydrogen-bond acceptors (Lipinski definition) is 3. The Kier molecular flexibility index (Phi) is 4.05. The third-order valence-electron chi connectivity index (χ3n) is 3.48. The summed E-state index contributed by atoms with van der Waals surface area (Å²) in [6.45, 7) is 4.33. The summed E-state index contributed by atoms with van der Waals surface area (Å²) in [5, 5.41) is 0. The van der Waals surface area contributed by atoms with Gasteiger partial charge in [0.15, 0.2) is 0 Å². The number of pyridine rings is 1. The Morgan fingerprint density at radius 3 is 2.94 bits per heavy atom. The lowest BCUT2D eigenvalue weighted by Crippen LogP contribution is -2.37. The summed E-state index contributed by atoms with van der Waals surface area (Å²) < 4.78 is 1.08. The van der Waals surface area contributed by atoms with E-state index in [0.29, 0.717) is 6.04 Å². The Labute approximate surface area is 112 Å². The van der Waals surface area contributed by atoms with E-state index >= 15 is 0 Å². The van der Waals surface area contributed by atoms with Crippen molar-refractivity contribution >= 4 is 21.7 Å². The van der Waals surface area contributed by atoms with Crippen LogP contribution < -0.4 is 4.90 Å². The maximum Gasteiger partial charge on any atom is 0.142 e. The van der Waals surface area contributed by atoms with Gasteiger partial charge in [-0.2, -0.15) is 0 Å². The van der Waals surface area contributed by atoms with Crippen LogP contribution in [0.2, 0.25) is 0 Å². The van der Waals surface area contributed by atoms with Gasteiger partial charge in [0.1, 0.15) is 5.82 Å². The fraction of sp³-hybridized carbons (Fsp3) is 0.615. The highest BCUT2D eigenvalue weighted by molar-refractivity contribution is 9.10. The third kappa shape index (κ3) is 2.99. The van der Waals surface area contributed by atoms with E-state index < -0.39 is 0 Å². The summed E-state index contributed by atoms with van der Waals surface area (Å²) >= 11 is 3.59. The molecule has 2 rings (SSSR count). The van der Waals surface area contributed by atoms with E-state index in [4.69, 9.17) is 0 Å². The molecule has 2 heterocycles. The zero-order valence-electron chi connectivity index (χ0n) is 10.8. The van der Waals surface area contributed by atoms with Crippen molar-refractivity contribution in [2.24, 2.45) is 0 Å². The predicted molar refractivity (Wildman–Crippen MR) is 75.6 cm³/mol. The molecule has 0 saturated carbocycles. The summed E-state index contributed by atoms with van der Waals surface area (Å²) in [5.41, 5.74) is 1.19. The maximum atomic E-state index is 4.51. The first kappa shape index (κ1) is 12.8. The van der Waals surface area contributed by atoms with Crippen molar-refractivity contribution in [1.29, 1.82) is 0 Å². The van der Waals surface area contributed by atoms with Gasteiger partial charge in [-0.15, -0.1) is 0 Å². The number of rotatable bonds is 3. The standard InChI is InChI=1S/C13H20BrN3/c1-10-7-12(14)13(15-8-10)17(3)9-11-5-4-6-16(11)2/h7-8,11H,4-6,9H2,1-3H3. The lowest BCUT2D eigenvalue weighted by molar-refractivity contribution is 0.314. The summed E-state index contributed by atoms with van der Waals surface area (Å²) in [4.78, 5) is 9.19. The van der Waals surface area contributed by atoms with E-state index in [1.54, 1.807) is 0 Å². The van der Waals surface area contributed by atoms with E-state index in [1.165, 1.54) is 24.9 Å². The molecule has 1 saturated heterocycles. The van der Waals surface area contributed by atoms with Gasteiger partial charge < -0.3 is 9.80 Å². The molecule has 1 unspecified atom stereocenters. The second-order valence-corrected chi connectivity index (χ2v) is 5.83. The van der Waals surface area contributed by atoms with Gasteiger partial charge in [0.2, 0.25) is 0 Å². The molecule has 1 atom stereocenters. The van der Waals surface area contributed by atoms with E-state index in [0.717, 1.165) is 16.8 Å². The van der Waals surface area contributed by atoms with Gasteiger partial charge in [0.25, 0.3) is 0 Å². The first-order valence-electron chi connectivity index (χ1n) is 6.11. The zero-order valence-corrected chi connectivity index (χ0v) is 12.4. The van der Waals surface area contributed by atoms with Gasteiger partial charge in [-0.05, 0) is 60.9 Å². The second-order valence-electron chi connectivity index (χ2n) is 4.98. The number of aromatic nitrogens is 1. The average Bonchev–Trinajstić information content (AvgIpc) is 2.64. The highest BCUT2D eigenvalue weighted by Crippen LogP contribution is 2.25. The Hall–Kier alpha value is -0.610. The van der Waals surface area contributed by atoms with Crippen LogP contribution in [-0.2, 0) is 0 Å². The largest absolute Gasteiger partial charge is 0.357 e. The minimum Gasteiger partial charge on any atom is -0.357 e. The van der Waals surface area contributed by atoms with Gasteiger partial charge in [0.05, 0.1) is 4.47 Å². The summed E-state index contributed by atoms with van der Waals surface area (Å²) in [6.07, 6.45) is 4.54. The molecule has 1 aromatic rings. The van der Waals surface area contributed by atoms with Gasteiger partial charge in [-0.25, -0.2) is 4.98 Å². The first-order valence-corrected chi connectivity index (χ1v) is 6.90. The number of hydrogen-bond donors (Lipinski definition) is 0. The molecular formula is C13H20BrN3. The third-order valence-corrected chi connectivity index (χ3v) is 4.06. The first-order chi connectivity index (χ1) is 8.08. The Morgan fingerprint density at radius 1 is 1.59 bits per heavy atom. The molecule has 1 aromatic heterocycles. The number of halogens is 1. The van der Waals surface area contributed by atoms with Crippen molar-refractivity contribution in [3.63, 3.8) is 0 Å². The average molecular weight is 298 g/mol. The molecule has 3 nitrogen and oxygen atoms in total. The summed E-state index contributed by atoms with van der Waals surface area (Å²) in [6, 6.07) is 2.78. The monoisotopic (exact) mass is 297 g/mol. The van der Waals surface area contributed by atoms with Gasteiger partial charge in [-0.3, -0.25) is 0 Å². The number of likely N-dealkylation sites (N-methyl/N-ethyl adjacent to an activating group) is 2. The molecular weight excluding hydrogens is 278 g/mol. The SMILES string of the molecule is Cc1cnc(N(C)CC2CCCN2C)c(Br)c1. The predicted octanol–water partition coefficient (Wildman–Crippen LogP) is 2.68. The molecule has 0 spiro atoms. The molecule has 1 aliphatic heterocycles. The molecule has 0 radical (unpaired) electrons. The fourth-order valence-corrected chi connectivity index (χ4v) is 3.19. The molecule has 94 valence electrons. The van der Waals surface area contributed by atoms with Gasteiger partial charge >= 0.3 is 0 Å². The summed E-state index contributed by atoms with van der Waals surface area (Å²) in [7, 11) is 4.33. The Morgan fingerprint density at radius 2 is 2.35 bits per heavy atom. The van der Waals surface area contributed by atoms with Crippen LogP contribution in [0.5, 0.6) is 0 Å². The van der Waals surface area contributed by atoms with E-state index in [9.17, 15) is 0 Å². The van der Waals surface area contributed by atoms with Crippen LogP contribution in [0.25, 0.3) is 0 Å². The molecule has 17 heavy (non-hydrogen) atoms. The molecule has 0 amide bonds. The van der Waals surface area contributed by atoms with Crippen LogP contribution in [0.3, 0.4) is 0 Å². The number of anilines is 1. The highest BCUT2D eigenvalue weighted by atomic mass is 79.9. The van der Waals surface area contributed by atoms with Crippen LogP contribution in [0.1, 0.15) is 18.4 Å². The van der Waals surface area contributed by atoms with Crippen molar-refractivity contribution in [2.45, 2.75) is 25.8 Å². The lowest BCUT2D eigenvalue weighted by atomic mass is 10.2. The zero-order chi connectivity index (χ0) is 12.4. The highest BCUT2D eigenvalue weighted by Gasteiger charge is 2.23. The van der Waals surface area contributed by atoms with Crippen LogP contribution in [-0.4, -0.2) is 43.1 Å². The smallest absolute Gasteiger partial charge is 0.142 e. The normalized spacial score (nSPS) is 20.8. The number of nitrogens with zero attached hydrogens (tertiary/aromatic N) is 3. The number of aryl methyl sites for hydroxylation is 1. The molecule has 0 N–H and O–H groups in total. The maximum absolute atomic E-state index is 4.51. The molecule has 4 heteroatoms. The van der Waals surface area contributed by atoms with Crippen LogP contribution in [0.4, 0.5) is 5.82 Å². The Bertz CT molecular complexity index is 394. The number of likely N-dealkylation sites (tertiary alicyclic amines) is 1. The minimum absolute atomic E-state index is 0.662. The molecule has 0 aromatic carbocycles. The minimum atomic E-state index is 0.662. The quantitative estimate of drug-likeness (QED) is 0.855. The van der Waals surface area contributed by atoms with Crippen molar-refractivity contribution in [3.05, 3.63) is 22.3 Å². The van der Waals surface area contributed by atoms with E-state index in [1.807, 2.05) is 6.20 Å². The van der Waals surface area contributed by atoms with E-state index in [-0.39, 0.29) is 0 Å². The van der Waals surface area contributed by atoms with Crippen molar-refractivity contribution in [1.82, 2.24) is 9.88 Å². The van der Waals surface area contributed by atoms with Crippen LogP contribution in [0.15, 0.2) is 16.7 Å². The Balaban J connectivity index is 2.06. The van der Waals surface area contributed by atoms with Crippen molar-refractivity contribution in [2.75, 3.05) is 32.1 Å². The van der Waals surface area contributed by atoms with Gasteiger partial charge in [0, 0.05) is 25.8 Å². The van der Waals surface area contributed by atoms with Crippen molar-refractivity contribution in [3.8, 4) is 0 Å². The molecule has 0 aliphatic carbocycles. The topological polar surface area (TPSA) is 19.4 Å². The van der Waals surface area contributed by atoms with Gasteiger partial charge in [-0.1, -0.05) is 0 Å². The molecule has 1 fully saturated rings. The molecule has 0 bridgehead atoms. The van der Waals surface area contributed by atoms with Crippen LogP contribution >= 0.6 is 15.9 Å².